The monoisotopic (exact) mass is 326 g/mol. The number of rotatable bonds is 2. The first-order valence-corrected chi connectivity index (χ1v) is 7.22. The lowest BCUT2D eigenvalue weighted by Crippen LogP contribution is -2.04. The van der Waals surface area contributed by atoms with Gasteiger partial charge in [0, 0.05) is 18.0 Å². The van der Waals surface area contributed by atoms with Gasteiger partial charge in [0.2, 0.25) is 0 Å². The summed E-state index contributed by atoms with van der Waals surface area (Å²) in [6, 6.07) is 15.6. The zero-order chi connectivity index (χ0) is 16.7. The number of aromatic amines is 1. The average Bonchev–Trinajstić information content (AvgIpc) is 3.22. The Hall–Kier alpha value is -3.02. The third-order valence-electron chi connectivity index (χ3n) is 3.87. The number of hydrogen-bond acceptors (Lipinski definition) is 1. The molecule has 0 atom stereocenters. The van der Waals surface area contributed by atoms with Crippen molar-refractivity contribution in [1.29, 1.82) is 0 Å². The molecule has 0 bridgehead atoms. The Morgan fingerprint density at radius 1 is 1.04 bits per heavy atom. The summed E-state index contributed by atoms with van der Waals surface area (Å²) in [6.45, 7) is 0. The molecule has 24 heavy (non-hydrogen) atoms. The van der Waals surface area contributed by atoms with Crippen LogP contribution in [0.2, 0.25) is 0 Å². The number of nitrogens with zero attached hydrogens (tertiary/aromatic N) is 2. The summed E-state index contributed by atoms with van der Waals surface area (Å²) in [5.41, 5.74) is 3.40. The third kappa shape index (κ3) is 2.46. The van der Waals surface area contributed by atoms with Crippen molar-refractivity contribution in [3.05, 3.63) is 72.7 Å². The van der Waals surface area contributed by atoms with E-state index in [1.165, 1.54) is 12.1 Å². The fourth-order valence-electron chi connectivity index (χ4n) is 2.67. The number of imidazole rings is 1. The second kappa shape index (κ2) is 5.26. The van der Waals surface area contributed by atoms with Crippen LogP contribution in [0.4, 0.5) is 13.2 Å². The predicted octanol–water partition coefficient (Wildman–Crippen LogP) is 4.84. The maximum Gasteiger partial charge on any atom is 0.416 e. The van der Waals surface area contributed by atoms with E-state index in [4.69, 9.17) is 0 Å². The first kappa shape index (κ1) is 14.6. The van der Waals surface area contributed by atoms with Gasteiger partial charge in [-0.25, -0.2) is 4.98 Å². The van der Waals surface area contributed by atoms with Crippen LogP contribution in [0.15, 0.2) is 61.1 Å². The molecule has 2 heterocycles. The van der Waals surface area contributed by atoms with Crippen LogP contribution in [-0.2, 0) is 6.18 Å². The molecule has 0 saturated carbocycles. The standard InChI is InChI=1S/C18H11F3N3/c19-18(20,21)13-5-3-12(4-6-13)17-2-1-9-24(17)14-7-8-15-16(10-14)23-11-22-15/h2-11H,(H,22,23). The molecular weight excluding hydrogens is 315 g/mol. The highest BCUT2D eigenvalue weighted by molar-refractivity contribution is 5.77. The van der Waals surface area contributed by atoms with Crippen molar-refractivity contribution in [3.8, 4) is 16.9 Å². The number of H-pyrrole nitrogens is 1. The zero-order valence-corrected chi connectivity index (χ0v) is 12.3. The molecule has 0 fully saturated rings. The number of hydrogen-bond donors (Lipinski definition) is 1. The van der Waals surface area contributed by atoms with Crippen molar-refractivity contribution >= 4 is 11.0 Å². The Labute approximate surface area is 135 Å². The summed E-state index contributed by atoms with van der Waals surface area (Å²) in [4.78, 5) is 7.25. The highest BCUT2D eigenvalue weighted by Crippen LogP contribution is 2.31. The lowest BCUT2D eigenvalue weighted by Gasteiger charge is -2.11. The van der Waals surface area contributed by atoms with Crippen LogP contribution >= 0.6 is 0 Å². The Kier molecular flexibility index (Phi) is 3.19. The van der Waals surface area contributed by atoms with Crippen LogP contribution in [0.3, 0.4) is 0 Å². The Balaban J connectivity index is 1.77. The number of fused-ring (bicyclic) bond motifs is 1. The second-order valence-corrected chi connectivity index (χ2v) is 5.37. The lowest BCUT2D eigenvalue weighted by molar-refractivity contribution is -0.137. The van der Waals surface area contributed by atoms with E-state index < -0.39 is 11.7 Å². The quantitative estimate of drug-likeness (QED) is 0.562. The van der Waals surface area contributed by atoms with Gasteiger partial charge in [-0.1, -0.05) is 12.1 Å². The zero-order valence-electron chi connectivity index (χ0n) is 12.3. The number of aromatic nitrogens is 3. The van der Waals surface area contributed by atoms with E-state index in [0.29, 0.717) is 5.56 Å². The van der Waals surface area contributed by atoms with Gasteiger partial charge in [0.15, 0.2) is 0 Å². The van der Waals surface area contributed by atoms with Crippen LogP contribution in [-0.4, -0.2) is 14.5 Å². The van der Waals surface area contributed by atoms with Gasteiger partial charge in [0.05, 0.1) is 28.6 Å². The molecule has 0 saturated heterocycles. The molecule has 4 rings (SSSR count). The maximum atomic E-state index is 12.7. The SMILES string of the molecule is FC(F)(F)c1ccc(-c2c[c]cn2-c2ccc3[nH]cnc3c2)cc1. The minimum absolute atomic E-state index is 0.661. The van der Waals surface area contributed by atoms with Crippen molar-refractivity contribution in [2.24, 2.45) is 0 Å². The molecule has 0 aliphatic rings. The van der Waals surface area contributed by atoms with Crippen LogP contribution in [0.25, 0.3) is 28.0 Å². The molecule has 4 aromatic rings. The molecule has 3 nitrogen and oxygen atoms in total. The van der Waals surface area contributed by atoms with E-state index in [1.54, 1.807) is 18.6 Å². The highest BCUT2D eigenvalue weighted by atomic mass is 19.4. The Bertz CT molecular complexity index is 994. The van der Waals surface area contributed by atoms with Crippen molar-refractivity contribution in [1.82, 2.24) is 14.5 Å². The molecule has 0 amide bonds. The summed E-state index contributed by atoms with van der Waals surface area (Å²) >= 11 is 0. The predicted molar refractivity (Wildman–Crippen MR) is 84.7 cm³/mol. The van der Waals surface area contributed by atoms with Gasteiger partial charge in [-0.05, 0) is 42.0 Å². The van der Waals surface area contributed by atoms with E-state index in [-0.39, 0.29) is 0 Å². The van der Waals surface area contributed by atoms with Crippen molar-refractivity contribution in [2.45, 2.75) is 6.18 Å². The fourth-order valence-corrected chi connectivity index (χ4v) is 2.67. The van der Waals surface area contributed by atoms with E-state index in [1.807, 2.05) is 22.8 Å². The van der Waals surface area contributed by atoms with Gasteiger partial charge in [0.25, 0.3) is 0 Å². The topological polar surface area (TPSA) is 33.6 Å². The average molecular weight is 326 g/mol. The van der Waals surface area contributed by atoms with Crippen LogP contribution in [0.1, 0.15) is 5.56 Å². The largest absolute Gasteiger partial charge is 0.416 e. The van der Waals surface area contributed by atoms with Gasteiger partial charge in [0.1, 0.15) is 0 Å². The second-order valence-electron chi connectivity index (χ2n) is 5.37. The first-order valence-electron chi connectivity index (χ1n) is 7.22. The summed E-state index contributed by atoms with van der Waals surface area (Å²) in [5, 5.41) is 0. The highest BCUT2D eigenvalue weighted by Gasteiger charge is 2.30. The van der Waals surface area contributed by atoms with Crippen molar-refractivity contribution in [3.63, 3.8) is 0 Å². The molecule has 0 aliphatic carbocycles. The molecule has 0 spiro atoms. The minimum atomic E-state index is -4.34. The number of alkyl halides is 3. The maximum absolute atomic E-state index is 12.7. The van der Waals surface area contributed by atoms with Crippen molar-refractivity contribution in [2.75, 3.05) is 0 Å². The van der Waals surface area contributed by atoms with Gasteiger partial charge in [-0.2, -0.15) is 13.2 Å². The molecule has 1 N–H and O–H groups in total. The minimum Gasteiger partial charge on any atom is -0.345 e. The summed E-state index contributed by atoms with van der Waals surface area (Å²) < 4.78 is 40.0. The molecule has 1 radical (unpaired) electrons. The lowest BCUT2D eigenvalue weighted by atomic mass is 10.1. The van der Waals surface area contributed by atoms with Gasteiger partial charge < -0.3 is 9.55 Å². The first-order chi connectivity index (χ1) is 11.5. The third-order valence-corrected chi connectivity index (χ3v) is 3.87. The van der Waals surface area contributed by atoms with Crippen LogP contribution in [0, 0.1) is 6.07 Å². The molecular formula is C18H11F3N3. The van der Waals surface area contributed by atoms with Gasteiger partial charge in [-0.15, -0.1) is 0 Å². The molecule has 0 unspecified atom stereocenters. The Morgan fingerprint density at radius 2 is 1.83 bits per heavy atom. The smallest absolute Gasteiger partial charge is 0.345 e. The summed E-state index contributed by atoms with van der Waals surface area (Å²) in [6.07, 6.45) is -0.967. The van der Waals surface area contributed by atoms with Crippen LogP contribution < -0.4 is 0 Å². The van der Waals surface area contributed by atoms with E-state index in [9.17, 15) is 13.2 Å². The normalized spacial score (nSPS) is 12.0. The molecule has 2 aromatic carbocycles. The Morgan fingerprint density at radius 3 is 2.58 bits per heavy atom. The van der Waals surface area contributed by atoms with Crippen LogP contribution in [0.5, 0.6) is 0 Å². The van der Waals surface area contributed by atoms with Crippen molar-refractivity contribution < 1.29 is 13.2 Å². The molecule has 2 aromatic heterocycles. The number of halogens is 3. The fraction of sp³-hybridized carbons (Fsp3) is 0.0556. The summed E-state index contributed by atoms with van der Waals surface area (Å²) in [5.74, 6) is 0. The van der Waals surface area contributed by atoms with E-state index in [2.05, 4.69) is 16.0 Å². The van der Waals surface area contributed by atoms with Gasteiger partial charge >= 0.3 is 6.18 Å². The molecule has 6 heteroatoms. The summed E-state index contributed by atoms with van der Waals surface area (Å²) in [7, 11) is 0. The number of benzene rings is 2. The van der Waals surface area contributed by atoms with E-state index >= 15 is 0 Å². The number of nitrogens with one attached hydrogen (secondary N) is 1. The molecule has 0 aliphatic heterocycles. The van der Waals surface area contributed by atoms with Gasteiger partial charge in [-0.3, -0.25) is 0 Å². The van der Waals surface area contributed by atoms with E-state index in [0.717, 1.165) is 34.5 Å². The molecule has 119 valence electrons.